The SMILES string of the molecule is O=C(Cc1ccc2c(c1)OCCO2)N[C@H](CN1CCCC1=O)c1cccc(C(F)(F)F)c1. The van der Waals surface area contributed by atoms with Crippen LogP contribution in [0, 0.1) is 0 Å². The lowest BCUT2D eigenvalue weighted by Gasteiger charge is -2.26. The molecule has 4 rings (SSSR count). The van der Waals surface area contributed by atoms with E-state index in [1.165, 1.54) is 12.1 Å². The van der Waals surface area contributed by atoms with Crippen molar-refractivity contribution in [1.82, 2.24) is 10.2 Å². The molecule has 32 heavy (non-hydrogen) atoms. The lowest BCUT2D eigenvalue weighted by Crippen LogP contribution is -2.39. The Morgan fingerprint density at radius 1 is 1.09 bits per heavy atom. The third-order valence-corrected chi connectivity index (χ3v) is 5.50. The number of benzene rings is 2. The zero-order valence-electron chi connectivity index (χ0n) is 17.3. The van der Waals surface area contributed by atoms with E-state index in [9.17, 15) is 22.8 Å². The predicted octanol–water partition coefficient (Wildman–Crippen LogP) is 3.50. The van der Waals surface area contributed by atoms with Gasteiger partial charge in [0.1, 0.15) is 13.2 Å². The molecule has 0 saturated carbocycles. The zero-order chi connectivity index (χ0) is 22.7. The smallest absolute Gasteiger partial charge is 0.416 e. The van der Waals surface area contributed by atoms with E-state index in [1.54, 1.807) is 23.1 Å². The van der Waals surface area contributed by atoms with Crippen LogP contribution in [0.3, 0.4) is 0 Å². The fourth-order valence-corrected chi connectivity index (χ4v) is 3.91. The first kappa shape index (κ1) is 22.0. The molecule has 2 aliphatic rings. The van der Waals surface area contributed by atoms with Crippen LogP contribution < -0.4 is 14.8 Å². The van der Waals surface area contributed by atoms with Crippen LogP contribution in [0.1, 0.15) is 35.6 Å². The fraction of sp³-hybridized carbons (Fsp3) is 0.391. The van der Waals surface area contributed by atoms with Gasteiger partial charge in [0.15, 0.2) is 11.5 Å². The number of nitrogens with one attached hydrogen (secondary N) is 1. The van der Waals surface area contributed by atoms with Gasteiger partial charge in [0.05, 0.1) is 18.0 Å². The number of carbonyl (C=O) groups excluding carboxylic acids is 2. The van der Waals surface area contributed by atoms with Crippen LogP contribution in [-0.4, -0.2) is 43.0 Å². The number of ether oxygens (including phenoxy) is 2. The first-order chi connectivity index (χ1) is 15.3. The largest absolute Gasteiger partial charge is 0.486 e. The fourth-order valence-electron chi connectivity index (χ4n) is 3.91. The van der Waals surface area contributed by atoms with E-state index in [-0.39, 0.29) is 24.8 Å². The maximum absolute atomic E-state index is 13.2. The van der Waals surface area contributed by atoms with E-state index < -0.39 is 17.8 Å². The summed E-state index contributed by atoms with van der Waals surface area (Å²) in [5, 5.41) is 2.82. The van der Waals surface area contributed by atoms with Gasteiger partial charge in [0, 0.05) is 19.5 Å². The molecule has 0 aromatic heterocycles. The van der Waals surface area contributed by atoms with Crippen molar-refractivity contribution in [2.75, 3.05) is 26.3 Å². The van der Waals surface area contributed by atoms with Crippen molar-refractivity contribution in [2.45, 2.75) is 31.5 Å². The molecule has 1 atom stereocenters. The summed E-state index contributed by atoms with van der Waals surface area (Å²) in [6.07, 6.45) is -3.39. The van der Waals surface area contributed by atoms with Crippen molar-refractivity contribution in [3.63, 3.8) is 0 Å². The molecule has 0 bridgehead atoms. The van der Waals surface area contributed by atoms with Crippen molar-refractivity contribution in [3.8, 4) is 11.5 Å². The highest BCUT2D eigenvalue weighted by molar-refractivity contribution is 5.80. The Kier molecular flexibility index (Phi) is 6.25. The van der Waals surface area contributed by atoms with Gasteiger partial charge in [-0.25, -0.2) is 0 Å². The minimum atomic E-state index is -4.50. The van der Waals surface area contributed by atoms with Crippen molar-refractivity contribution in [1.29, 1.82) is 0 Å². The number of fused-ring (bicyclic) bond motifs is 1. The maximum atomic E-state index is 13.2. The molecule has 9 heteroatoms. The summed E-state index contributed by atoms with van der Waals surface area (Å²) < 4.78 is 50.6. The summed E-state index contributed by atoms with van der Waals surface area (Å²) in [5.74, 6) is 0.729. The molecule has 2 aliphatic heterocycles. The Morgan fingerprint density at radius 3 is 2.59 bits per heavy atom. The van der Waals surface area contributed by atoms with E-state index >= 15 is 0 Å². The summed E-state index contributed by atoms with van der Waals surface area (Å²) in [5.41, 5.74) is 0.190. The van der Waals surface area contributed by atoms with E-state index in [1.807, 2.05) is 0 Å². The standard InChI is InChI=1S/C23H23F3N2O4/c24-23(25,26)17-4-1-3-16(13-17)18(14-28-8-2-5-22(28)30)27-21(29)12-15-6-7-19-20(11-15)32-10-9-31-19/h1,3-4,6-7,11,13,18H,2,5,8-10,12,14H2,(H,27,29)/t18-/m1/s1. The molecule has 2 aromatic rings. The van der Waals surface area contributed by atoms with Gasteiger partial charge >= 0.3 is 6.18 Å². The van der Waals surface area contributed by atoms with Crippen LogP contribution in [-0.2, 0) is 22.2 Å². The second-order valence-corrected chi connectivity index (χ2v) is 7.84. The minimum Gasteiger partial charge on any atom is -0.486 e. The van der Waals surface area contributed by atoms with Crippen LogP contribution in [0.25, 0.3) is 0 Å². The zero-order valence-corrected chi connectivity index (χ0v) is 17.3. The molecule has 1 N–H and O–H groups in total. The van der Waals surface area contributed by atoms with Crippen molar-refractivity contribution in [3.05, 3.63) is 59.2 Å². The molecular weight excluding hydrogens is 425 g/mol. The van der Waals surface area contributed by atoms with E-state index in [0.717, 1.165) is 12.1 Å². The number of hydrogen-bond donors (Lipinski definition) is 1. The highest BCUT2D eigenvalue weighted by Crippen LogP contribution is 2.32. The summed E-state index contributed by atoms with van der Waals surface area (Å²) in [6, 6.07) is 9.28. The summed E-state index contributed by atoms with van der Waals surface area (Å²) in [7, 11) is 0. The molecule has 0 unspecified atom stereocenters. The van der Waals surface area contributed by atoms with Crippen LogP contribution in [0.4, 0.5) is 13.2 Å². The second kappa shape index (κ2) is 9.10. The van der Waals surface area contributed by atoms with Gasteiger partial charge in [0.2, 0.25) is 11.8 Å². The van der Waals surface area contributed by atoms with Gasteiger partial charge in [-0.1, -0.05) is 18.2 Å². The van der Waals surface area contributed by atoms with E-state index in [0.29, 0.717) is 55.2 Å². The normalized spacial score (nSPS) is 16.7. The Bertz CT molecular complexity index is 1010. The second-order valence-electron chi connectivity index (χ2n) is 7.84. The molecule has 170 valence electrons. The third kappa shape index (κ3) is 5.15. The molecule has 2 amide bonds. The molecule has 0 spiro atoms. The van der Waals surface area contributed by atoms with Crippen LogP contribution >= 0.6 is 0 Å². The number of likely N-dealkylation sites (tertiary alicyclic amines) is 1. The van der Waals surface area contributed by atoms with E-state index in [4.69, 9.17) is 9.47 Å². The van der Waals surface area contributed by atoms with Gasteiger partial charge in [-0.05, 0) is 41.8 Å². The monoisotopic (exact) mass is 448 g/mol. The van der Waals surface area contributed by atoms with Gasteiger partial charge in [-0.3, -0.25) is 9.59 Å². The average molecular weight is 448 g/mol. The summed E-state index contributed by atoms with van der Waals surface area (Å²) >= 11 is 0. The number of rotatable bonds is 6. The number of alkyl halides is 3. The molecule has 2 heterocycles. The number of carbonyl (C=O) groups is 2. The number of nitrogens with zero attached hydrogens (tertiary/aromatic N) is 1. The van der Waals surface area contributed by atoms with Gasteiger partial charge < -0.3 is 19.7 Å². The van der Waals surface area contributed by atoms with Crippen molar-refractivity contribution >= 4 is 11.8 Å². The van der Waals surface area contributed by atoms with Crippen LogP contribution in [0.2, 0.25) is 0 Å². The van der Waals surface area contributed by atoms with Gasteiger partial charge in [-0.15, -0.1) is 0 Å². The summed E-state index contributed by atoms with van der Waals surface area (Å²) in [6.45, 7) is 1.52. The highest BCUT2D eigenvalue weighted by atomic mass is 19.4. The highest BCUT2D eigenvalue weighted by Gasteiger charge is 2.32. The number of amides is 2. The first-order valence-electron chi connectivity index (χ1n) is 10.4. The molecule has 1 fully saturated rings. The van der Waals surface area contributed by atoms with Crippen LogP contribution in [0.15, 0.2) is 42.5 Å². The quantitative estimate of drug-likeness (QED) is 0.735. The Balaban J connectivity index is 1.52. The van der Waals surface area contributed by atoms with Crippen LogP contribution in [0.5, 0.6) is 11.5 Å². The predicted molar refractivity (Wildman–Crippen MR) is 109 cm³/mol. The number of hydrogen-bond acceptors (Lipinski definition) is 4. The number of halogens is 3. The molecule has 0 radical (unpaired) electrons. The van der Waals surface area contributed by atoms with Gasteiger partial charge in [-0.2, -0.15) is 13.2 Å². The molecular formula is C23H23F3N2O4. The van der Waals surface area contributed by atoms with Crippen molar-refractivity contribution in [2.24, 2.45) is 0 Å². The van der Waals surface area contributed by atoms with E-state index in [2.05, 4.69) is 5.32 Å². The minimum absolute atomic E-state index is 0.0139. The third-order valence-electron chi connectivity index (χ3n) is 5.50. The molecule has 1 saturated heterocycles. The van der Waals surface area contributed by atoms with Gasteiger partial charge in [0.25, 0.3) is 0 Å². The first-order valence-corrected chi connectivity index (χ1v) is 10.4. The maximum Gasteiger partial charge on any atom is 0.416 e. The molecule has 2 aromatic carbocycles. The Labute approximate surface area is 183 Å². The molecule has 0 aliphatic carbocycles. The topological polar surface area (TPSA) is 67.9 Å². The lowest BCUT2D eigenvalue weighted by molar-refractivity contribution is -0.137. The van der Waals surface area contributed by atoms with Crippen molar-refractivity contribution < 1.29 is 32.2 Å². The summed E-state index contributed by atoms with van der Waals surface area (Å²) in [4.78, 5) is 26.5. The molecule has 6 nitrogen and oxygen atoms in total. The Morgan fingerprint density at radius 2 is 1.88 bits per heavy atom. The lowest BCUT2D eigenvalue weighted by atomic mass is 10.0. The Hall–Kier alpha value is -3.23. The average Bonchev–Trinajstić information content (AvgIpc) is 3.17.